The molecule has 20 heteroatoms. The van der Waals surface area contributed by atoms with Crippen LogP contribution >= 0.6 is 0 Å². The van der Waals surface area contributed by atoms with Crippen LogP contribution in [0.15, 0.2) is 35.3 Å². The second kappa shape index (κ2) is 15.2. The number of alkyl carbamates (subject to hydrolysis) is 1. The topological polar surface area (TPSA) is 208 Å². The second-order valence-electron chi connectivity index (χ2n) is 18.1. The number of alkyl halides is 4. The van der Waals surface area contributed by atoms with Gasteiger partial charge in [0, 0.05) is 5.92 Å². The highest BCUT2D eigenvalue weighted by Gasteiger charge is 2.68. The Morgan fingerprint density at radius 3 is 2.47 bits per heavy atom. The molecule has 7 rings (SSSR count). The van der Waals surface area contributed by atoms with Gasteiger partial charge in [0.25, 0.3) is 11.8 Å². The summed E-state index contributed by atoms with van der Waals surface area (Å²) in [5.41, 5.74) is -2.91. The molecule has 0 radical (unpaired) electrons. The first-order chi connectivity index (χ1) is 28.0. The van der Waals surface area contributed by atoms with Gasteiger partial charge in [0.05, 0.1) is 40.2 Å². The molecule has 9 atom stereocenters. The molecule has 60 heavy (non-hydrogen) atoms. The number of ether oxygens (including phenoxy) is 2. The van der Waals surface area contributed by atoms with E-state index in [1.165, 1.54) is 31.2 Å². The third-order valence-electron chi connectivity index (χ3n) is 12.6. The normalized spacial score (nSPS) is 33.5. The molecule has 1 saturated heterocycles. The highest BCUT2D eigenvalue weighted by Crippen LogP contribution is 2.50. The van der Waals surface area contributed by atoms with Crippen molar-refractivity contribution >= 4 is 51.1 Å². The highest BCUT2D eigenvalue weighted by molar-refractivity contribution is 7.91. The molecule has 0 aromatic heterocycles. The van der Waals surface area contributed by atoms with Gasteiger partial charge in [-0.15, -0.1) is 0 Å². The average molecular weight is 864 g/mol. The molecule has 15 nitrogen and oxygen atoms in total. The molecule has 3 aliphatic heterocycles. The Bertz CT molecular complexity index is 2170. The number of hydrogen-bond acceptors (Lipinski definition) is 11. The molecule has 1 unspecified atom stereocenters. The van der Waals surface area contributed by atoms with Crippen molar-refractivity contribution in [1.82, 2.24) is 20.3 Å². The summed E-state index contributed by atoms with van der Waals surface area (Å²) in [6, 6.07) is 1.36. The van der Waals surface area contributed by atoms with Crippen LogP contribution in [-0.4, -0.2) is 103 Å². The number of sulfonamides is 1. The Hall–Kier alpha value is -4.93. The summed E-state index contributed by atoms with van der Waals surface area (Å²) >= 11 is 0. The fourth-order valence-corrected chi connectivity index (χ4v) is 9.64. The molecule has 4 amide bonds. The minimum absolute atomic E-state index is 0.0340. The largest absolute Gasteiger partial charge is 0.473 e. The Morgan fingerprint density at radius 2 is 1.85 bits per heavy atom. The van der Waals surface area contributed by atoms with Gasteiger partial charge < -0.3 is 30.3 Å². The van der Waals surface area contributed by atoms with Gasteiger partial charge in [-0.1, -0.05) is 33.8 Å². The maximum Gasteiger partial charge on any atom is 0.408 e. The van der Waals surface area contributed by atoms with E-state index in [0.717, 1.165) is 11.0 Å². The van der Waals surface area contributed by atoms with Gasteiger partial charge in [0.2, 0.25) is 34.2 Å². The van der Waals surface area contributed by atoms with E-state index in [-0.39, 0.29) is 48.5 Å². The molecule has 1 aromatic rings. The third-order valence-corrected chi connectivity index (χ3v) is 14.8. The minimum Gasteiger partial charge on any atom is -0.473 e. The van der Waals surface area contributed by atoms with Crippen molar-refractivity contribution in [2.24, 2.45) is 28.2 Å². The van der Waals surface area contributed by atoms with Crippen LogP contribution in [0.1, 0.15) is 85.1 Å². The van der Waals surface area contributed by atoms with Crippen LogP contribution in [0.3, 0.4) is 0 Å². The molecular weight excluding hydrogens is 815 g/mol. The predicted octanol–water partition coefficient (Wildman–Crippen LogP) is 4.66. The van der Waals surface area contributed by atoms with E-state index in [1.54, 1.807) is 27.7 Å². The summed E-state index contributed by atoms with van der Waals surface area (Å²) in [5.74, 6) is -10.4. The van der Waals surface area contributed by atoms with Gasteiger partial charge in [0.1, 0.15) is 29.8 Å². The summed E-state index contributed by atoms with van der Waals surface area (Å²) in [7, 11) is -4.32. The van der Waals surface area contributed by atoms with E-state index >= 15 is 8.78 Å². The lowest BCUT2D eigenvalue weighted by molar-refractivity contribution is -0.144. The van der Waals surface area contributed by atoms with Gasteiger partial charge in [-0.05, 0) is 87.5 Å². The number of aliphatic imine (C=N–C) groups is 1. The Balaban J connectivity index is 1.29. The van der Waals surface area contributed by atoms with Crippen molar-refractivity contribution in [3.05, 3.63) is 35.9 Å². The lowest BCUT2D eigenvalue weighted by Gasteiger charge is -2.36. The van der Waals surface area contributed by atoms with Crippen molar-refractivity contribution in [1.29, 1.82) is 5.26 Å². The zero-order chi connectivity index (χ0) is 43.7. The molecule has 3 saturated carbocycles. The molecule has 4 fully saturated rings. The standard InChI is InChI=1S/C40H49F4N7O8S/c1-6-22-27-19-51(28(22)32(52)49-39(17-23(39)31(41)42)35(54)50-60(56,57)38(5)13-14-38)34(53)30(37(2,3)4)48-36(55)59-26-16-21(26)9-7-8-12-40(43,44)29-33(58-27)47-25-15-20(18-45)10-11-24(25)46-29/h8,10-12,15,21-23,26-31,46H,6-7,9,13-14,16-17,19H2,1-5H3,(H,48,55)(H,49,52)(H,50,54)/b12-8-/t21-,22-,23+,26-,27+,28+,29?,30-,39-/m1/s1. The summed E-state index contributed by atoms with van der Waals surface area (Å²) in [4.78, 5) is 61.9. The number of carbonyl (C=O) groups is 4. The summed E-state index contributed by atoms with van der Waals surface area (Å²) < 4.78 is 100.0. The summed E-state index contributed by atoms with van der Waals surface area (Å²) in [6.07, 6.45) is -2.77. The number of amides is 4. The number of anilines is 1. The molecule has 326 valence electrons. The fraction of sp³-hybridized carbons (Fsp3) is 0.650. The average Bonchev–Trinajstić information content (AvgIpc) is 4.12. The summed E-state index contributed by atoms with van der Waals surface area (Å²) in [6.45, 7) is 7.54. The maximum absolute atomic E-state index is 16.3. The molecule has 3 heterocycles. The van der Waals surface area contributed by atoms with Crippen molar-refractivity contribution in [2.45, 2.75) is 133 Å². The van der Waals surface area contributed by atoms with E-state index in [0.29, 0.717) is 12.8 Å². The van der Waals surface area contributed by atoms with Gasteiger partial charge >= 0.3 is 6.09 Å². The third kappa shape index (κ3) is 8.13. The maximum atomic E-state index is 16.3. The minimum atomic E-state index is -4.32. The number of hydrogen-bond donors (Lipinski definition) is 4. The number of carbonyl (C=O) groups excluding carboxylic acids is 4. The number of nitrogens with one attached hydrogen (secondary N) is 4. The van der Waals surface area contributed by atoms with Gasteiger partial charge in [0.15, 0.2) is 6.04 Å². The Labute approximate surface area is 345 Å². The second-order valence-corrected chi connectivity index (χ2v) is 20.3. The van der Waals surface area contributed by atoms with Crippen LogP contribution in [0, 0.1) is 34.5 Å². The fourth-order valence-electron chi connectivity index (χ4n) is 8.32. The molecule has 2 bridgehead atoms. The number of benzene rings is 1. The number of nitriles is 1. The zero-order valence-electron chi connectivity index (χ0n) is 33.8. The molecule has 4 N–H and O–H groups in total. The quantitative estimate of drug-likeness (QED) is 0.220. The number of rotatable bonds is 7. The van der Waals surface area contributed by atoms with Crippen LogP contribution in [0.2, 0.25) is 0 Å². The number of halogens is 4. The molecule has 1 aromatic carbocycles. The first-order valence-corrected chi connectivity index (χ1v) is 21.6. The first-order valence-electron chi connectivity index (χ1n) is 20.1. The van der Waals surface area contributed by atoms with Gasteiger partial charge in [-0.2, -0.15) is 14.0 Å². The zero-order valence-corrected chi connectivity index (χ0v) is 34.6. The van der Waals surface area contributed by atoms with E-state index in [2.05, 4.69) is 20.9 Å². The van der Waals surface area contributed by atoms with Crippen LogP contribution in [-0.2, 0) is 33.9 Å². The lowest BCUT2D eigenvalue weighted by Crippen LogP contribution is -2.61. The first kappa shape index (κ1) is 43.2. The molecular formula is C40H49F4N7O8S. The number of nitrogens with zero attached hydrogens (tertiary/aromatic N) is 3. The van der Waals surface area contributed by atoms with E-state index in [4.69, 9.17) is 9.47 Å². The van der Waals surface area contributed by atoms with Crippen LogP contribution in [0.4, 0.5) is 33.7 Å². The van der Waals surface area contributed by atoms with Crippen molar-refractivity contribution < 1.29 is 54.6 Å². The monoisotopic (exact) mass is 863 g/mol. The Morgan fingerprint density at radius 1 is 1.13 bits per heavy atom. The predicted molar refractivity (Wildman–Crippen MR) is 208 cm³/mol. The van der Waals surface area contributed by atoms with Crippen LogP contribution in [0.5, 0.6) is 0 Å². The van der Waals surface area contributed by atoms with E-state index in [1.807, 2.05) is 10.8 Å². The molecule has 3 aliphatic carbocycles. The molecule has 0 spiro atoms. The van der Waals surface area contributed by atoms with Crippen LogP contribution in [0.25, 0.3) is 0 Å². The number of fused-ring (bicyclic) bond motifs is 5. The van der Waals surface area contributed by atoms with E-state index < -0.39 is 123 Å². The highest BCUT2D eigenvalue weighted by atomic mass is 32.2. The van der Waals surface area contributed by atoms with Crippen molar-refractivity contribution in [3.8, 4) is 6.07 Å². The lowest BCUT2D eigenvalue weighted by atomic mass is 9.85. The smallest absolute Gasteiger partial charge is 0.408 e. The van der Waals surface area contributed by atoms with Gasteiger partial charge in [-0.25, -0.2) is 27.0 Å². The number of allylic oxidation sites excluding steroid dienone is 1. The van der Waals surface area contributed by atoms with Gasteiger partial charge in [-0.3, -0.25) is 19.1 Å². The molecule has 6 aliphatic rings. The van der Waals surface area contributed by atoms with Crippen molar-refractivity contribution in [2.75, 3.05) is 11.9 Å². The van der Waals surface area contributed by atoms with E-state index in [9.17, 15) is 41.6 Å². The summed E-state index contributed by atoms with van der Waals surface area (Å²) in [5, 5.41) is 17.4. The van der Waals surface area contributed by atoms with Crippen LogP contribution < -0.4 is 20.7 Å². The SMILES string of the molecule is CC[C@@H]1[C@@H]2CN(C(=O)[C@H](C(C)(C)C)NC(=O)O[C@@H]3C[C@H]3CC/C=C\C(F)(F)C3Nc4ccc(C#N)cc4N=C3O2)[C@@H]1C(=O)N[C@]1(C(=O)NS(=O)(=O)C2(C)CC2)C[C@H]1C(F)F. The Kier molecular flexibility index (Phi) is 10.9. The van der Waals surface area contributed by atoms with Crippen molar-refractivity contribution in [3.63, 3.8) is 0 Å².